The lowest BCUT2D eigenvalue weighted by molar-refractivity contribution is 0.0762. The molecule has 7 heteroatoms. The van der Waals surface area contributed by atoms with Gasteiger partial charge in [0, 0.05) is 38.6 Å². The van der Waals surface area contributed by atoms with Crippen LogP contribution in [-0.4, -0.2) is 67.3 Å². The van der Waals surface area contributed by atoms with Crippen LogP contribution >= 0.6 is 0 Å². The van der Waals surface area contributed by atoms with Crippen LogP contribution in [0.4, 0.5) is 5.95 Å². The summed E-state index contributed by atoms with van der Waals surface area (Å²) in [5.74, 6) is 1.51. The average Bonchev–Trinajstić information content (AvgIpc) is 2.96. The Bertz CT molecular complexity index is 803. The zero-order chi connectivity index (χ0) is 18.6. The van der Waals surface area contributed by atoms with E-state index in [2.05, 4.69) is 27.0 Å². The van der Waals surface area contributed by atoms with Crippen molar-refractivity contribution in [1.29, 1.82) is 0 Å². The van der Waals surface area contributed by atoms with E-state index in [1.165, 1.54) is 11.1 Å². The van der Waals surface area contributed by atoms with Crippen LogP contribution in [0.1, 0.15) is 21.5 Å². The summed E-state index contributed by atoms with van der Waals surface area (Å²) >= 11 is 0. The molecule has 1 aromatic carbocycles. The number of methoxy groups -OCH3 is 1. The summed E-state index contributed by atoms with van der Waals surface area (Å²) in [5, 5.41) is 0. The largest absolute Gasteiger partial charge is 0.497 e. The summed E-state index contributed by atoms with van der Waals surface area (Å²) < 4.78 is 10.7. The summed E-state index contributed by atoms with van der Waals surface area (Å²) in [5.41, 5.74) is 3.07. The molecule has 0 unspecified atom stereocenters. The minimum Gasteiger partial charge on any atom is -0.497 e. The smallest absolute Gasteiger partial charge is 0.257 e. The van der Waals surface area contributed by atoms with Gasteiger partial charge in [0.15, 0.2) is 0 Å². The zero-order valence-corrected chi connectivity index (χ0v) is 15.6. The molecule has 0 radical (unpaired) electrons. The fraction of sp³-hybridized carbons (Fsp3) is 0.450. The average molecular weight is 368 g/mol. The lowest BCUT2D eigenvalue weighted by atomic mass is 10.0. The summed E-state index contributed by atoms with van der Waals surface area (Å²) in [4.78, 5) is 25.7. The van der Waals surface area contributed by atoms with Gasteiger partial charge in [0.05, 0.1) is 25.9 Å². The van der Waals surface area contributed by atoms with Crippen LogP contribution in [0.25, 0.3) is 0 Å². The van der Waals surface area contributed by atoms with Gasteiger partial charge in [-0.15, -0.1) is 0 Å². The molecule has 2 aromatic rings. The molecular formula is C20H24N4O3. The maximum Gasteiger partial charge on any atom is 0.257 e. The fourth-order valence-electron chi connectivity index (χ4n) is 3.57. The number of fused-ring (bicyclic) bond motifs is 1. The number of amides is 1. The number of nitrogens with zero attached hydrogens (tertiary/aromatic N) is 4. The second-order valence-electron chi connectivity index (χ2n) is 6.80. The minimum absolute atomic E-state index is 0.0108. The van der Waals surface area contributed by atoms with Crippen molar-refractivity contribution in [2.75, 3.05) is 51.4 Å². The molecule has 7 nitrogen and oxygen atoms in total. The standard InChI is InChI=1S/C20H24N4O3/c1-26-18-3-2-15-4-6-23(7-5-16(15)12-18)19(25)17-13-21-20(22-14-17)24-8-10-27-11-9-24/h2-3,12-14H,4-11H2,1H3. The molecule has 1 fully saturated rings. The summed E-state index contributed by atoms with van der Waals surface area (Å²) in [7, 11) is 1.68. The molecule has 1 amide bonds. The Morgan fingerprint density at radius 3 is 2.44 bits per heavy atom. The van der Waals surface area contributed by atoms with Crippen LogP contribution in [0.3, 0.4) is 0 Å². The van der Waals surface area contributed by atoms with E-state index in [4.69, 9.17) is 9.47 Å². The number of ether oxygens (including phenoxy) is 2. The van der Waals surface area contributed by atoms with Crippen molar-refractivity contribution in [2.45, 2.75) is 12.8 Å². The Morgan fingerprint density at radius 1 is 1.04 bits per heavy atom. The van der Waals surface area contributed by atoms with Crippen LogP contribution in [0.2, 0.25) is 0 Å². The van der Waals surface area contributed by atoms with E-state index in [0.717, 1.165) is 31.7 Å². The quantitative estimate of drug-likeness (QED) is 0.819. The van der Waals surface area contributed by atoms with Gasteiger partial charge in [-0.1, -0.05) is 6.07 Å². The monoisotopic (exact) mass is 368 g/mol. The highest BCUT2D eigenvalue weighted by molar-refractivity contribution is 5.93. The van der Waals surface area contributed by atoms with E-state index in [1.807, 2.05) is 11.0 Å². The second-order valence-corrected chi connectivity index (χ2v) is 6.80. The molecular weight excluding hydrogens is 344 g/mol. The van der Waals surface area contributed by atoms with Crippen molar-refractivity contribution in [3.8, 4) is 5.75 Å². The molecule has 0 aliphatic carbocycles. The number of morpholine rings is 1. The van der Waals surface area contributed by atoms with Crippen molar-refractivity contribution in [1.82, 2.24) is 14.9 Å². The molecule has 0 bridgehead atoms. The number of hydrogen-bond donors (Lipinski definition) is 0. The van der Waals surface area contributed by atoms with Gasteiger partial charge in [-0.3, -0.25) is 4.79 Å². The molecule has 0 spiro atoms. The van der Waals surface area contributed by atoms with E-state index in [-0.39, 0.29) is 5.91 Å². The van der Waals surface area contributed by atoms with Gasteiger partial charge >= 0.3 is 0 Å². The maximum atomic E-state index is 12.9. The van der Waals surface area contributed by atoms with Gasteiger partial charge < -0.3 is 19.3 Å². The highest BCUT2D eigenvalue weighted by Gasteiger charge is 2.21. The van der Waals surface area contributed by atoms with Gasteiger partial charge in [-0.2, -0.15) is 0 Å². The number of carbonyl (C=O) groups excluding carboxylic acids is 1. The topological polar surface area (TPSA) is 67.8 Å². The van der Waals surface area contributed by atoms with Gasteiger partial charge in [0.2, 0.25) is 5.95 Å². The fourth-order valence-corrected chi connectivity index (χ4v) is 3.57. The first kappa shape index (κ1) is 17.7. The van der Waals surface area contributed by atoms with Gasteiger partial charge in [0.1, 0.15) is 5.75 Å². The third-order valence-electron chi connectivity index (χ3n) is 5.18. The first-order chi connectivity index (χ1) is 13.2. The third kappa shape index (κ3) is 3.88. The molecule has 142 valence electrons. The Labute approximate surface area is 158 Å². The van der Waals surface area contributed by atoms with E-state index in [9.17, 15) is 4.79 Å². The maximum absolute atomic E-state index is 12.9. The van der Waals surface area contributed by atoms with E-state index < -0.39 is 0 Å². The number of anilines is 1. The number of hydrogen-bond acceptors (Lipinski definition) is 6. The van der Waals surface area contributed by atoms with Gasteiger partial charge in [0.25, 0.3) is 5.91 Å². The van der Waals surface area contributed by atoms with Gasteiger partial charge in [-0.25, -0.2) is 9.97 Å². The molecule has 0 atom stereocenters. The normalized spacial score (nSPS) is 17.2. The van der Waals surface area contributed by atoms with Crippen LogP contribution in [0.5, 0.6) is 5.75 Å². The van der Waals surface area contributed by atoms with Crippen LogP contribution < -0.4 is 9.64 Å². The first-order valence-corrected chi connectivity index (χ1v) is 9.34. The highest BCUT2D eigenvalue weighted by Crippen LogP contribution is 2.22. The molecule has 2 aliphatic rings. The predicted octanol–water partition coefficient (Wildman–Crippen LogP) is 1.56. The number of aromatic nitrogens is 2. The summed E-state index contributed by atoms with van der Waals surface area (Å²) in [6.07, 6.45) is 4.95. The van der Waals surface area contributed by atoms with E-state index in [0.29, 0.717) is 37.8 Å². The molecule has 27 heavy (non-hydrogen) atoms. The lowest BCUT2D eigenvalue weighted by Gasteiger charge is -2.26. The SMILES string of the molecule is COc1ccc2c(c1)CCN(C(=O)c1cnc(N3CCOCC3)nc1)CC2. The van der Waals surface area contributed by atoms with Crippen molar-refractivity contribution >= 4 is 11.9 Å². The summed E-state index contributed by atoms with van der Waals surface area (Å²) in [6, 6.07) is 6.15. The van der Waals surface area contributed by atoms with Gasteiger partial charge in [-0.05, 0) is 36.1 Å². The first-order valence-electron chi connectivity index (χ1n) is 9.34. The van der Waals surface area contributed by atoms with E-state index in [1.54, 1.807) is 19.5 Å². The molecule has 0 saturated carbocycles. The zero-order valence-electron chi connectivity index (χ0n) is 15.6. The molecule has 2 aliphatic heterocycles. The van der Waals surface area contributed by atoms with Crippen LogP contribution in [0, 0.1) is 0 Å². The number of carbonyl (C=O) groups is 1. The highest BCUT2D eigenvalue weighted by atomic mass is 16.5. The Morgan fingerprint density at radius 2 is 1.74 bits per heavy atom. The minimum atomic E-state index is -0.0108. The van der Waals surface area contributed by atoms with Crippen molar-refractivity contribution in [2.24, 2.45) is 0 Å². The Balaban J connectivity index is 1.43. The molecule has 1 aromatic heterocycles. The third-order valence-corrected chi connectivity index (χ3v) is 5.18. The Kier molecular flexibility index (Phi) is 5.20. The van der Waals surface area contributed by atoms with Crippen molar-refractivity contribution in [3.05, 3.63) is 47.3 Å². The van der Waals surface area contributed by atoms with Crippen molar-refractivity contribution in [3.63, 3.8) is 0 Å². The lowest BCUT2D eigenvalue weighted by Crippen LogP contribution is -2.37. The van der Waals surface area contributed by atoms with E-state index >= 15 is 0 Å². The molecule has 0 N–H and O–H groups in total. The molecule has 3 heterocycles. The predicted molar refractivity (Wildman–Crippen MR) is 101 cm³/mol. The molecule has 1 saturated heterocycles. The number of benzene rings is 1. The number of rotatable bonds is 3. The van der Waals surface area contributed by atoms with Crippen LogP contribution in [-0.2, 0) is 17.6 Å². The van der Waals surface area contributed by atoms with Crippen LogP contribution in [0.15, 0.2) is 30.6 Å². The second kappa shape index (κ2) is 7.92. The van der Waals surface area contributed by atoms with Crippen molar-refractivity contribution < 1.29 is 14.3 Å². The summed E-state index contributed by atoms with van der Waals surface area (Å²) in [6.45, 7) is 4.31. The Hall–Kier alpha value is -2.67. The molecule has 4 rings (SSSR count).